The van der Waals surface area contributed by atoms with Crippen molar-refractivity contribution in [3.8, 4) is 5.75 Å². The zero-order valence-corrected chi connectivity index (χ0v) is 27.7. The second kappa shape index (κ2) is 15.3. The van der Waals surface area contributed by atoms with Crippen LogP contribution in [-0.4, -0.2) is 50.9 Å². The highest BCUT2D eigenvalue weighted by atomic mass is 35.5. The molecule has 44 heavy (non-hydrogen) atoms. The summed E-state index contributed by atoms with van der Waals surface area (Å²) in [7, 11) is -2.75. The van der Waals surface area contributed by atoms with Crippen LogP contribution in [-0.2, 0) is 26.2 Å². The van der Waals surface area contributed by atoms with E-state index in [2.05, 4.69) is 5.32 Å². The van der Waals surface area contributed by atoms with Crippen molar-refractivity contribution in [1.29, 1.82) is 0 Å². The van der Waals surface area contributed by atoms with Crippen molar-refractivity contribution in [3.63, 3.8) is 0 Å². The van der Waals surface area contributed by atoms with E-state index in [4.69, 9.17) is 39.5 Å². The van der Waals surface area contributed by atoms with Gasteiger partial charge in [-0.2, -0.15) is 0 Å². The molecule has 1 aliphatic rings. The molecule has 0 aromatic heterocycles. The number of ether oxygens (including phenoxy) is 1. The molecule has 1 fully saturated rings. The Labute approximate surface area is 274 Å². The molecule has 8 nitrogen and oxygen atoms in total. The lowest BCUT2D eigenvalue weighted by Crippen LogP contribution is -2.54. The molecule has 1 atom stereocenters. The van der Waals surface area contributed by atoms with E-state index in [1.165, 1.54) is 48.4 Å². The maximum absolute atomic E-state index is 14.3. The van der Waals surface area contributed by atoms with Crippen LogP contribution in [0.1, 0.15) is 51.0 Å². The first kappa shape index (κ1) is 33.9. The van der Waals surface area contributed by atoms with Crippen molar-refractivity contribution >= 4 is 62.3 Å². The van der Waals surface area contributed by atoms with Gasteiger partial charge in [-0.05, 0) is 85.5 Å². The molecule has 0 saturated heterocycles. The quantitative estimate of drug-likeness (QED) is 0.220. The minimum absolute atomic E-state index is 0.0253. The Balaban J connectivity index is 1.72. The first-order valence-corrected chi connectivity index (χ1v) is 17.1. The molecule has 1 saturated carbocycles. The summed E-state index contributed by atoms with van der Waals surface area (Å²) in [6, 6.07) is 16.1. The fourth-order valence-electron chi connectivity index (χ4n) is 5.31. The number of halogens is 3. The van der Waals surface area contributed by atoms with Crippen molar-refractivity contribution in [3.05, 3.63) is 87.4 Å². The van der Waals surface area contributed by atoms with E-state index in [1.807, 2.05) is 6.92 Å². The summed E-state index contributed by atoms with van der Waals surface area (Å²) in [4.78, 5) is 29.3. The fourth-order valence-corrected chi connectivity index (χ4v) is 7.32. The Morgan fingerprint density at radius 2 is 1.57 bits per heavy atom. The van der Waals surface area contributed by atoms with Crippen molar-refractivity contribution in [2.45, 2.75) is 69.0 Å². The monoisotopic (exact) mass is 679 g/mol. The molecule has 3 aromatic carbocycles. The second-order valence-corrected chi connectivity index (χ2v) is 13.8. The summed E-state index contributed by atoms with van der Waals surface area (Å²) in [6.45, 7) is 1.22. The number of hydrogen-bond donors (Lipinski definition) is 1. The number of sulfonamides is 1. The average molecular weight is 681 g/mol. The number of rotatable bonds is 12. The lowest BCUT2D eigenvalue weighted by molar-refractivity contribution is -0.140. The van der Waals surface area contributed by atoms with Crippen LogP contribution in [0.15, 0.2) is 71.6 Å². The number of carbonyl (C=O) groups is 2. The van der Waals surface area contributed by atoms with Gasteiger partial charge < -0.3 is 15.0 Å². The number of nitrogens with zero attached hydrogens (tertiary/aromatic N) is 2. The van der Waals surface area contributed by atoms with E-state index in [1.54, 1.807) is 30.3 Å². The van der Waals surface area contributed by atoms with Gasteiger partial charge in [-0.3, -0.25) is 13.9 Å². The molecule has 3 aromatic rings. The number of anilines is 1. The van der Waals surface area contributed by atoms with Crippen LogP contribution >= 0.6 is 34.8 Å². The van der Waals surface area contributed by atoms with Crippen LogP contribution < -0.4 is 14.4 Å². The third kappa shape index (κ3) is 8.38. The van der Waals surface area contributed by atoms with Gasteiger partial charge in [0.05, 0.1) is 17.7 Å². The van der Waals surface area contributed by atoms with Gasteiger partial charge in [0.1, 0.15) is 18.3 Å². The Morgan fingerprint density at radius 1 is 0.932 bits per heavy atom. The molecule has 1 N–H and O–H groups in total. The first-order chi connectivity index (χ1) is 21.0. The molecule has 0 spiro atoms. The van der Waals surface area contributed by atoms with Gasteiger partial charge >= 0.3 is 0 Å². The molecule has 0 bridgehead atoms. The van der Waals surface area contributed by atoms with Gasteiger partial charge in [-0.15, -0.1) is 0 Å². The highest BCUT2D eigenvalue weighted by Crippen LogP contribution is 2.29. The molecular weight excluding hydrogens is 645 g/mol. The normalized spacial score (nSPS) is 14.5. The molecular formula is C32H36Cl3N3O5S. The Hall–Kier alpha value is -2.98. The van der Waals surface area contributed by atoms with Gasteiger partial charge in [-0.25, -0.2) is 8.42 Å². The Morgan fingerprint density at radius 3 is 2.16 bits per heavy atom. The number of methoxy groups -OCH3 is 1. The zero-order valence-electron chi connectivity index (χ0n) is 24.6. The maximum Gasteiger partial charge on any atom is 0.264 e. The number of benzene rings is 3. The van der Waals surface area contributed by atoms with Gasteiger partial charge in [0.25, 0.3) is 10.0 Å². The molecule has 4 rings (SSSR count). The summed E-state index contributed by atoms with van der Waals surface area (Å²) in [6.07, 6.45) is 5.26. The van der Waals surface area contributed by atoms with Crippen LogP contribution in [0.5, 0.6) is 5.75 Å². The van der Waals surface area contributed by atoms with Crippen LogP contribution in [0.25, 0.3) is 0 Å². The highest BCUT2D eigenvalue weighted by molar-refractivity contribution is 7.92. The lowest BCUT2D eigenvalue weighted by atomic mass is 9.95. The van der Waals surface area contributed by atoms with E-state index >= 15 is 0 Å². The predicted octanol–water partition coefficient (Wildman–Crippen LogP) is 7.11. The standard InChI is InChI=1S/C32H36Cl3N3O5S/c1-3-30(32(40)36-25-7-5-4-6-8-25)37(20-22-9-10-24(34)19-29(22)35)31(39)21-38(26-13-11-23(33)12-14-26)44(41,42)28-17-15-27(43-2)16-18-28/h9-19,25,30H,3-8,20-21H2,1-2H3,(H,36,40)/t30-/m1/s1. The molecule has 0 unspecified atom stereocenters. The predicted molar refractivity (Wildman–Crippen MR) is 175 cm³/mol. The minimum Gasteiger partial charge on any atom is -0.497 e. The summed E-state index contributed by atoms with van der Waals surface area (Å²) in [5, 5.41) is 4.30. The molecule has 0 aliphatic heterocycles. The summed E-state index contributed by atoms with van der Waals surface area (Å²) < 4.78 is 34.3. The van der Waals surface area contributed by atoms with E-state index in [0.717, 1.165) is 36.4 Å². The fraction of sp³-hybridized carbons (Fsp3) is 0.375. The number of hydrogen-bond acceptors (Lipinski definition) is 5. The molecule has 12 heteroatoms. The van der Waals surface area contributed by atoms with Crippen LogP contribution in [0.3, 0.4) is 0 Å². The van der Waals surface area contributed by atoms with Crippen molar-refractivity contribution < 1.29 is 22.7 Å². The Bertz CT molecular complexity index is 1550. The van der Waals surface area contributed by atoms with E-state index in [0.29, 0.717) is 32.8 Å². The Kier molecular flexibility index (Phi) is 11.8. The average Bonchev–Trinajstić information content (AvgIpc) is 3.01. The lowest BCUT2D eigenvalue weighted by Gasteiger charge is -2.34. The topological polar surface area (TPSA) is 96.0 Å². The SMILES string of the molecule is CC[C@H](C(=O)NC1CCCCC1)N(Cc1ccc(Cl)cc1Cl)C(=O)CN(c1ccc(Cl)cc1)S(=O)(=O)c1ccc(OC)cc1. The van der Waals surface area contributed by atoms with Gasteiger partial charge in [0.15, 0.2) is 0 Å². The van der Waals surface area contributed by atoms with E-state index in [-0.39, 0.29) is 29.1 Å². The van der Waals surface area contributed by atoms with Gasteiger partial charge in [-0.1, -0.05) is 67.1 Å². The first-order valence-electron chi connectivity index (χ1n) is 14.5. The minimum atomic E-state index is -4.24. The summed E-state index contributed by atoms with van der Waals surface area (Å²) >= 11 is 18.7. The molecule has 2 amide bonds. The van der Waals surface area contributed by atoms with Gasteiger partial charge in [0, 0.05) is 27.7 Å². The van der Waals surface area contributed by atoms with Crippen LogP contribution in [0.4, 0.5) is 5.69 Å². The molecule has 0 radical (unpaired) electrons. The van der Waals surface area contributed by atoms with E-state index < -0.39 is 28.5 Å². The molecule has 236 valence electrons. The van der Waals surface area contributed by atoms with Crippen molar-refractivity contribution in [1.82, 2.24) is 10.2 Å². The van der Waals surface area contributed by atoms with Gasteiger partial charge in [0.2, 0.25) is 11.8 Å². The van der Waals surface area contributed by atoms with Crippen LogP contribution in [0, 0.1) is 0 Å². The van der Waals surface area contributed by atoms with E-state index in [9.17, 15) is 18.0 Å². The van der Waals surface area contributed by atoms with Crippen molar-refractivity contribution in [2.24, 2.45) is 0 Å². The third-order valence-corrected chi connectivity index (χ3v) is 10.4. The summed E-state index contributed by atoms with van der Waals surface area (Å²) in [5.74, 6) is -0.374. The van der Waals surface area contributed by atoms with Crippen molar-refractivity contribution in [2.75, 3.05) is 18.0 Å². The third-order valence-electron chi connectivity index (χ3n) is 7.73. The number of nitrogens with one attached hydrogen (secondary N) is 1. The number of amides is 2. The second-order valence-electron chi connectivity index (χ2n) is 10.7. The zero-order chi connectivity index (χ0) is 31.9. The largest absolute Gasteiger partial charge is 0.497 e. The highest BCUT2D eigenvalue weighted by Gasteiger charge is 2.34. The maximum atomic E-state index is 14.3. The summed E-state index contributed by atoms with van der Waals surface area (Å²) in [5.41, 5.74) is 0.812. The molecule has 0 heterocycles. The van der Waals surface area contributed by atoms with Crippen LogP contribution in [0.2, 0.25) is 15.1 Å². The smallest absolute Gasteiger partial charge is 0.264 e. The molecule has 1 aliphatic carbocycles. The number of carbonyl (C=O) groups excluding carboxylic acids is 2.